The normalized spacial score (nSPS) is 16.8. The maximum Gasteiger partial charge on any atom is 0.329 e. The highest BCUT2D eigenvalue weighted by Gasteiger charge is 2.22. The van der Waals surface area contributed by atoms with E-state index >= 15 is 0 Å². The molecule has 0 radical (unpaired) electrons. The van der Waals surface area contributed by atoms with Gasteiger partial charge in [-0.3, -0.25) is 15.4 Å². The summed E-state index contributed by atoms with van der Waals surface area (Å²) in [5.74, 6) is -0.439. The van der Waals surface area contributed by atoms with Crippen molar-refractivity contribution in [3.8, 4) is 0 Å². The van der Waals surface area contributed by atoms with Crippen LogP contribution in [-0.4, -0.2) is 18.0 Å². The number of carbonyl (C=O) groups is 3. The summed E-state index contributed by atoms with van der Waals surface area (Å²) in [5, 5.41) is 3.87. The summed E-state index contributed by atoms with van der Waals surface area (Å²) < 4.78 is 0. The van der Waals surface area contributed by atoms with Crippen molar-refractivity contribution >= 4 is 18.0 Å². The number of urea groups is 2. The lowest BCUT2D eigenvalue weighted by Crippen LogP contribution is -2.46. The van der Waals surface area contributed by atoms with Crippen LogP contribution < -0.4 is 16.4 Å². The van der Waals surface area contributed by atoms with Gasteiger partial charge in [-0.15, -0.1) is 0 Å². The molecule has 1 rings (SSSR count). The van der Waals surface area contributed by atoms with Crippen LogP contribution in [0.4, 0.5) is 9.59 Å². The Bertz CT molecular complexity index is 272. The second-order valence-electron chi connectivity index (χ2n) is 3.64. The number of primary amides is 1. The van der Waals surface area contributed by atoms with Crippen molar-refractivity contribution in [2.24, 2.45) is 11.7 Å². The SMILES string of the molecule is NC(=O)NC(=O)NC(=O)C1CCCCC1. The molecule has 6 heteroatoms. The van der Waals surface area contributed by atoms with Gasteiger partial charge in [-0.05, 0) is 12.8 Å². The summed E-state index contributed by atoms with van der Waals surface area (Å²) in [6, 6.07) is -1.82. The molecule has 1 aliphatic rings. The van der Waals surface area contributed by atoms with E-state index in [0.29, 0.717) is 0 Å². The van der Waals surface area contributed by atoms with Gasteiger partial charge in [0.25, 0.3) is 0 Å². The van der Waals surface area contributed by atoms with Crippen molar-refractivity contribution in [3.05, 3.63) is 0 Å². The summed E-state index contributed by atoms with van der Waals surface area (Å²) in [7, 11) is 0. The van der Waals surface area contributed by atoms with Crippen molar-refractivity contribution in [1.82, 2.24) is 10.6 Å². The minimum atomic E-state index is -0.969. The van der Waals surface area contributed by atoms with Crippen molar-refractivity contribution in [2.75, 3.05) is 0 Å². The Morgan fingerprint density at radius 2 is 1.60 bits per heavy atom. The molecular formula is C9H15N3O3. The molecule has 0 saturated heterocycles. The Morgan fingerprint density at radius 1 is 1.00 bits per heavy atom. The lowest BCUT2D eigenvalue weighted by atomic mass is 9.89. The highest BCUT2D eigenvalue weighted by Crippen LogP contribution is 2.23. The molecule has 0 aromatic heterocycles. The van der Waals surface area contributed by atoms with Crippen LogP contribution in [0.2, 0.25) is 0 Å². The smallest absolute Gasteiger partial charge is 0.329 e. The Morgan fingerprint density at radius 3 is 2.13 bits per heavy atom. The first-order valence-electron chi connectivity index (χ1n) is 5.01. The Balaban J connectivity index is 2.33. The van der Waals surface area contributed by atoms with Crippen LogP contribution >= 0.6 is 0 Å². The second-order valence-corrected chi connectivity index (χ2v) is 3.64. The zero-order valence-electron chi connectivity index (χ0n) is 8.41. The molecule has 15 heavy (non-hydrogen) atoms. The number of nitrogens with two attached hydrogens (primary N) is 1. The van der Waals surface area contributed by atoms with Crippen LogP contribution in [0.3, 0.4) is 0 Å². The van der Waals surface area contributed by atoms with Crippen LogP contribution in [0.15, 0.2) is 0 Å². The first-order chi connectivity index (χ1) is 7.09. The molecule has 0 aromatic carbocycles. The Labute approximate surface area is 87.6 Å². The van der Waals surface area contributed by atoms with E-state index in [0.717, 1.165) is 32.1 Å². The summed E-state index contributed by atoms with van der Waals surface area (Å²) in [6.07, 6.45) is 4.76. The summed E-state index contributed by atoms with van der Waals surface area (Å²) in [5.41, 5.74) is 4.73. The molecule has 1 saturated carbocycles. The average Bonchev–Trinajstić information content (AvgIpc) is 2.17. The van der Waals surface area contributed by atoms with Gasteiger partial charge in [0, 0.05) is 5.92 Å². The van der Waals surface area contributed by atoms with Crippen molar-refractivity contribution in [1.29, 1.82) is 0 Å². The van der Waals surface area contributed by atoms with Crippen molar-refractivity contribution < 1.29 is 14.4 Å². The summed E-state index contributed by atoms with van der Waals surface area (Å²) in [6.45, 7) is 0. The van der Waals surface area contributed by atoms with E-state index in [-0.39, 0.29) is 11.8 Å². The molecular weight excluding hydrogens is 198 g/mol. The average molecular weight is 213 g/mol. The van der Waals surface area contributed by atoms with Gasteiger partial charge in [0.05, 0.1) is 0 Å². The fraction of sp³-hybridized carbons (Fsp3) is 0.667. The minimum Gasteiger partial charge on any atom is -0.351 e. The number of hydrogen-bond donors (Lipinski definition) is 3. The fourth-order valence-electron chi connectivity index (χ4n) is 1.72. The third kappa shape index (κ3) is 3.97. The van der Waals surface area contributed by atoms with Crippen molar-refractivity contribution in [3.63, 3.8) is 0 Å². The van der Waals surface area contributed by atoms with Gasteiger partial charge in [0.1, 0.15) is 0 Å². The van der Waals surface area contributed by atoms with Gasteiger partial charge < -0.3 is 5.73 Å². The van der Waals surface area contributed by atoms with E-state index in [4.69, 9.17) is 5.73 Å². The highest BCUT2D eigenvalue weighted by molar-refractivity contribution is 6.01. The molecule has 6 nitrogen and oxygen atoms in total. The molecule has 0 aliphatic heterocycles. The Kier molecular flexibility index (Phi) is 4.08. The highest BCUT2D eigenvalue weighted by atomic mass is 16.2. The predicted octanol–water partition coefficient (Wildman–Crippen LogP) is 0.471. The van der Waals surface area contributed by atoms with Crippen molar-refractivity contribution in [2.45, 2.75) is 32.1 Å². The maximum absolute atomic E-state index is 11.5. The monoisotopic (exact) mass is 213 g/mol. The minimum absolute atomic E-state index is 0.114. The Hall–Kier alpha value is -1.59. The molecule has 0 atom stereocenters. The van der Waals surface area contributed by atoms with E-state index in [1.807, 2.05) is 0 Å². The lowest BCUT2D eigenvalue weighted by molar-refractivity contribution is -0.124. The standard InChI is InChI=1S/C9H15N3O3/c10-8(14)12-9(15)11-7(13)6-4-2-1-3-5-6/h6H,1-5H2,(H4,10,11,12,13,14,15). The number of imide groups is 2. The van der Waals surface area contributed by atoms with E-state index in [1.54, 1.807) is 5.32 Å². The zero-order valence-corrected chi connectivity index (χ0v) is 8.41. The molecule has 4 N–H and O–H groups in total. The summed E-state index contributed by atoms with van der Waals surface area (Å²) >= 11 is 0. The van der Waals surface area contributed by atoms with E-state index in [1.165, 1.54) is 0 Å². The molecule has 0 aromatic rings. The fourth-order valence-corrected chi connectivity index (χ4v) is 1.72. The molecule has 0 heterocycles. The molecule has 0 spiro atoms. The molecule has 1 aliphatic carbocycles. The van der Waals surface area contributed by atoms with Crippen LogP contribution in [0, 0.1) is 5.92 Å². The van der Waals surface area contributed by atoms with E-state index < -0.39 is 12.1 Å². The number of rotatable bonds is 1. The second kappa shape index (κ2) is 5.33. The van der Waals surface area contributed by atoms with Crippen LogP contribution in [0.5, 0.6) is 0 Å². The van der Waals surface area contributed by atoms with Gasteiger partial charge in [0.2, 0.25) is 5.91 Å². The number of hydrogen-bond acceptors (Lipinski definition) is 3. The van der Waals surface area contributed by atoms with Gasteiger partial charge in [0.15, 0.2) is 0 Å². The number of amides is 5. The van der Waals surface area contributed by atoms with Gasteiger partial charge in [-0.25, -0.2) is 9.59 Å². The molecule has 0 bridgehead atoms. The van der Waals surface area contributed by atoms with E-state index in [9.17, 15) is 14.4 Å². The van der Waals surface area contributed by atoms with Gasteiger partial charge in [-0.2, -0.15) is 0 Å². The quantitative estimate of drug-likeness (QED) is 0.590. The molecule has 0 unspecified atom stereocenters. The third-order valence-corrected chi connectivity index (χ3v) is 2.45. The third-order valence-electron chi connectivity index (χ3n) is 2.45. The number of carbonyl (C=O) groups excluding carboxylic acids is 3. The molecule has 5 amide bonds. The topological polar surface area (TPSA) is 101 Å². The summed E-state index contributed by atoms with van der Waals surface area (Å²) in [4.78, 5) is 32.7. The van der Waals surface area contributed by atoms with Crippen LogP contribution in [0.25, 0.3) is 0 Å². The first kappa shape index (κ1) is 11.5. The predicted molar refractivity (Wildman–Crippen MR) is 52.8 cm³/mol. The lowest BCUT2D eigenvalue weighted by Gasteiger charge is -2.19. The largest absolute Gasteiger partial charge is 0.351 e. The maximum atomic E-state index is 11.5. The van der Waals surface area contributed by atoms with Crippen LogP contribution in [-0.2, 0) is 4.79 Å². The van der Waals surface area contributed by atoms with Gasteiger partial charge in [-0.1, -0.05) is 19.3 Å². The van der Waals surface area contributed by atoms with E-state index in [2.05, 4.69) is 5.32 Å². The molecule has 84 valence electrons. The first-order valence-corrected chi connectivity index (χ1v) is 5.01. The number of nitrogens with one attached hydrogen (secondary N) is 2. The van der Waals surface area contributed by atoms with Crippen LogP contribution in [0.1, 0.15) is 32.1 Å². The zero-order chi connectivity index (χ0) is 11.3. The van der Waals surface area contributed by atoms with Gasteiger partial charge >= 0.3 is 12.1 Å². The molecule has 1 fully saturated rings.